The van der Waals surface area contributed by atoms with Gasteiger partial charge in [-0.15, -0.1) is 0 Å². The summed E-state index contributed by atoms with van der Waals surface area (Å²) in [5, 5.41) is 9.49. The molecule has 20 heavy (non-hydrogen) atoms. The van der Waals surface area contributed by atoms with Crippen LogP contribution in [0.4, 0.5) is 13.2 Å². The van der Waals surface area contributed by atoms with Gasteiger partial charge in [-0.05, 0) is 25.0 Å². The van der Waals surface area contributed by atoms with Gasteiger partial charge in [-0.3, -0.25) is 4.79 Å². The molecular weight excluding hydrogens is 273 g/mol. The fraction of sp³-hybridized carbons (Fsp3) is 0.500. The van der Waals surface area contributed by atoms with Gasteiger partial charge in [-0.25, -0.2) is 0 Å². The van der Waals surface area contributed by atoms with Crippen LogP contribution in [0.5, 0.6) is 5.75 Å². The van der Waals surface area contributed by atoms with Crippen LogP contribution in [0.3, 0.4) is 0 Å². The molecule has 2 rings (SSSR count). The molecule has 1 aliphatic rings. The van der Waals surface area contributed by atoms with E-state index in [-0.39, 0.29) is 5.75 Å². The summed E-state index contributed by atoms with van der Waals surface area (Å²) in [5.74, 6) is -1.02. The monoisotopic (exact) mass is 288 g/mol. The Labute approximate surface area is 114 Å². The second-order valence-electron chi connectivity index (χ2n) is 5.01. The van der Waals surface area contributed by atoms with E-state index in [0.29, 0.717) is 18.4 Å². The van der Waals surface area contributed by atoms with Crippen molar-refractivity contribution in [3.8, 4) is 5.75 Å². The highest BCUT2D eigenvalue weighted by atomic mass is 19.4. The van der Waals surface area contributed by atoms with Gasteiger partial charge in [-0.2, -0.15) is 13.2 Å². The molecular formula is C14H15F3O3. The molecule has 0 atom stereocenters. The van der Waals surface area contributed by atoms with Gasteiger partial charge in [-0.1, -0.05) is 18.9 Å². The zero-order chi connectivity index (χ0) is 15.0. The van der Waals surface area contributed by atoms with Crippen LogP contribution in [0.15, 0.2) is 18.2 Å². The van der Waals surface area contributed by atoms with Gasteiger partial charge >= 0.3 is 12.1 Å². The van der Waals surface area contributed by atoms with Crippen molar-refractivity contribution in [1.29, 1.82) is 0 Å². The van der Waals surface area contributed by atoms with Crippen LogP contribution in [0.2, 0.25) is 0 Å². The molecule has 1 fully saturated rings. The van der Waals surface area contributed by atoms with Crippen LogP contribution < -0.4 is 4.74 Å². The lowest BCUT2D eigenvalue weighted by atomic mass is 9.78. The van der Waals surface area contributed by atoms with Gasteiger partial charge in [0.05, 0.1) is 18.1 Å². The van der Waals surface area contributed by atoms with Crippen molar-refractivity contribution in [2.75, 3.05) is 7.11 Å². The van der Waals surface area contributed by atoms with E-state index in [9.17, 15) is 23.1 Å². The molecule has 1 saturated carbocycles. The van der Waals surface area contributed by atoms with E-state index < -0.39 is 23.1 Å². The van der Waals surface area contributed by atoms with Crippen LogP contribution in [0, 0.1) is 0 Å². The maximum atomic E-state index is 12.7. The third kappa shape index (κ3) is 2.34. The van der Waals surface area contributed by atoms with E-state index in [0.717, 1.165) is 25.0 Å². The van der Waals surface area contributed by atoms with E-state index in [2.05, 4.69) is 0 Å². The molecule has 1 N–H and O–H groups in total. The molecule has 0 aromatic heterocycles. The maximum Gasteiger partial charge on any atom is 0.416 e. The number of aliphatic carboxylic acids is 1. The van der Waals surface area contributed by atoms with Crippen molar-refractivity contribution in [3.05, 3.63) is 29.3 Å². The SMILES string of the molecule is COc1cc(C(F)(F)F)ccc1C1(C(=O)O)CCCC1. The van der Waals surface area contributed by atoms with Gasteiger partial charge in [0.25, 0.3) is 0 Å². The Morgan fingerprint density at radius 1 is 1.30 bits per heavy atom. The molecule has 0 bridgehead atoms. The molecule has 6 heteroatoms. The van der Waals surface area contributed by atoms with Crippen molar-refractivity contribution >= 4 is 5.97 Å². The Morgan fingerprint density at radius 2 is 1.90 bits per heavy atom. The molecule has 1 aromatic carbocycles. The normalized spacial score (nSPS) is 18.0. The summed E-state index contributed by atoms with van der Waals surface area (Å²) in [7, 11) is 1.25. The molecule has 0 spiro atoms. The Bertz CT molecular complexity index is 517. The Balaban J connectivity index is 2.54. The van der Waals surface area contributed by atoms with Crippen molar-refractivity contribution in [1.82, 2.24) is 0 Å². The Hall–Kier alpha value is -1.72. The summed E-state index contributed by atoms with van der Waals surface area (Å²) in [4.78, 5) is 11.6. The smallest absolute Gasteiger partial charge is 0.416 e. The average molecular weight is 288 g/mol. The van der Waals surface area contributed by atoms with Crippen molar-refractivity contribution in [2.45, 2.75) is 37.3 Å². The van der Waals surface area contributed by atoms with Crippen LogP contribution in [0.1, 0.15) is 36.8 Å². The number of carboxylic acids is 1. The number of carbonyl (C=O) groups is 1. The Kier molecular flexibility index (Phi) is 3.67. The summed E-state index contributed by atoms with van der Waals surface area (Å²) in [6, 6.07) is 3.03. The molecule has 0 saturated heterocycles. The molecule has 1 aliphatic carbocycles. The summed E-state index contributed by atoms with van der Waals surface area (Å²) in [6.45, 7) is 0. The van der Waals surface area contributed by atoms with Crippen LogP contribution >= 0.6 is 0 Å². The van der Waals surface area contributed by atoms with Crippen LogP contribution in [0.25, 0.3) is 0 Å². The minimum atomic E-state index is -4.47. The quantitative estimate of drug-likeness (QED) is 0.924. The number of benzene rings is 1. The minimum absolute atomic E-state index is 0.0101. The fourth-order valence-corrected chi connectivity index (χ4v) is 2.84. The van der Waals surface area contributed by atoms with E-state index in [4.69, 9.17) is 4.74 Å². The van der Waals surface area contributed by atoms with Crippen molar-refractivity contribution < 1.29 is 27.8 Å². The fourth-order valence-electron chi connectivity index (χ4n) is 2.84. The zero-order valence-corrected chi connectivity index (χ0v) is 11.0. The number of ether oxygens (including phenoxy) is 1. The van der Waals surface area contributed by atoms with E-state index in [1.165, 1.54) is 13.2 Å². The zero-order valence-electron chi connectivity index (χ0n) is 11.0. The lowest BCUT2D eigenvalue weighted by Gasteiger charge is -2.26. The van der Waals surface area contributed by atoms with Gasteiger partial charge in [0.2, 0.25) is 0 Å². The lowest BCUT2D eigenvalue weighted by Crippen LogP contribution is -2.33. The molecule has 0 unspecified atom stereocenters. The highest BCUT2D eigenvalue weighted by molar-refractivity contribution is 5.83. The average Bonchev–Trinajstić information content (AvgIpc) is 2.87. The molecule has 0 amide bonds. The van der Waals surface area contributed by atoms with Gasteiger partial charge in [0.15, 0.2) is 0 Å². The van der Waals surface area contributed by atoms with Crippen LogP contribution in [-0.4, -0.2) is 18.2 Å². The first-order valence-corrected chi connectivity index (χ1v) is 6.30. The first kappa shape index (κ1) is 14.7. The molecule has 3 nitrogen and oxygen atoms in total. The third-order valence-corrected chi connectivity index (χ3v) is 3.91. The summed E-state index contributed by atoms with van der Waals surface area (Å²) < 4.78 is 43.1. The van der Waals surface area contributed by atoms with E-state index in [1.54, 1.807) is 0 Å². The number of methoxy groups -OCH3 is 1. The number of halogens is 3. The first-order chi connectivity index (χ1) is 9.31. The second kappa shape index (κ2) is 5.00. The predicted octanol–water partition coefficient (Wildman–Crippen LogP) is 3.61. The summed E-state index contributed by atoms with van der Waals surface area (Å²) in [5.41, 5.74) is -1.63. The minimum Gasteiger partial charge on any atom is -0.496 e. The molecule has 110 valence electrons. The topological polar surface area (TPSA) is 46.5 Å². The van der Waals surface area contributed by atoms with Gasteiger partial charge in [0, 0.05) is 5.56 Å². The molecule has 0 aliphatic heterocycles. The Morgan fingerprint density at radius 3 is 2.35 bits per heavy atom. The van der Waals surface area contributed by atoms with Gasteiger partial charge in [0.1, 0.15) is 5.75 Å². The number of rotatable bonds is 3. The predicted molar refractivity (Wildman–Crippen MR) is 65.8 cm³/mol. The van der Waals surface area contributed by atoms with Crippen LogP contribution in [-0.2, 0) is 16.4 Å². The molecule has 0 heterocycles. The standard InChI is InChI=1S/C14H15F3O3/c1-20-11-8-9(14(15,16)17)4-5-10(11)13(12(18)19)6-2-3-7-13/h4-5,8H,2-3,6-7H2,1H3,(H,18,19). The second-order valence-corrected chi connectivity index (χ2v) is 5.01. The summed E-state index contributed by atoms with van der Waals surface area (Å²) >= 11 is 0. The highest BCUT2D eigenvalue weighted by Gasteiger charge is 2.45. The van der Waals surface area contributed by atoms with E-state index in [1.807, 2.05) is 0 Å². The largest absolute Gasteiger partial charge is 0.496 e. The third-order valence-electron chi connectivity index (χ3n) is 3.91. The number of hydrogen-bond acceptors (Lipinski definition) is 2. The molecule has 1 aromatic rings. The summed E-state index contributed by atoms with van der Waals surface area (Å²) in [6.07, 6.45) is -2.14. The number of alkyl halides is 3. The maximum absolute atomic E-state index is 12.7. The highest BCUT2D eigenvalue weighted by Crippen LogP contribution is 2.46. The molecule has 0 radical (unpaired) electrons. The number of carboxylic acid groups (broad SMARTS) is 1. The first-order valence-electron chi connectivity index (χ1n) is 6.30. The number of hydrogen-bond donors (Lipinski definition) is 1. The lowest BCUT2D eigenvalue weighted by molar-refractivity contribution is -0.143. The van der Waals surface area contributed by atoms with Crippen molar-refractivity contribution in [3.63, 3.8) is 0 Å². The van der Waals surface area contributed by atoms with E-state index >= 15 is 0 Å². The van der Waals surface area contributed by atoms with Gasteiger partial charge < -0.3 is 9.84 Å². The van der Waals surface area contributed by atoms with Crippen molar-refractivity contribution in [2.24, 2.45) is 0 Å².